The van der Waals surface area contributed by atoms with E-state index in [0.717, 1.165) is 4.47 Å². The fourth-order valence-electron chi connectivity index (χ4n) is 2.92. The molecule has 1 aliphatic rings. The zero-order chi connectivity index (χ0) is 20.1. The largest absolute Gasteiger partial charge is 0.325 e. The third kappa shape index (κ3) is 4.97. The van der Waals surface area contributed by atoms with Crippen LogP contribution in [0.1, 0.15) is 5.56 Å². The van der Waals surface area contributed by atoms with E-state index in [9.17, 15) is 13.2 Å². The van der Waals surface area contributed by atoms with Gasteiger partial charge >= 0.3 is 0 Å². The lowest BCUT2D eigenvalue weighted by molar-refractivity contribution is -0.117. The zero-order valence-corrected chi connectivity index (χ0v) is 17.4. The van der Waals surface area contributed by atoms with E-state index in [-0.39, 0.29) is 17.3 Å². The molecule has 0 aromatic heterocycles. The van der Waals surface area contributed by atoms with E-state index < -0.39 is 10.0 Å². The number of halogens is 1. The zero-order valence-electron chi connectivity index (χ0n) is 15.0. The summed E-state index contributed by atoms with van der Waals surface area (Å²) in [6.07, 6.45) is 0. The van der Waals surface area contributed by atoms with Crippen LogP contribution in [-0.2, 0) is 14.8 Å². The second-order valence-corrected chi connectivity index (χ2v) is 9.23. The van der Waals surface area contributed by atoms with Gasteiger partial charge in [0, 0.05) is 36.3 Å². The topological polar surface area (TPSA) is 93.5 Å². The summed E-state index contributed by atoms with van der Waals surface area (Å²) < 4.78 is 27.7. The van der Waals surface area contributed by atoms with Crippen molar-refractivity contribution >= 4 is 37.5 Å². The highest BCUT2D eigenvalue weighted by Crippen LogP contribution is 2.20. The maximum atomic E-state index is 12.7. The Hall–Kier alpha value is -2.25. The Kier molecular flexibility index (Phi) is 6.46. The molecule has 0 atom stereocenters. The molecule has 146 valence electrons. The molecule has 3 rings (SSSR count). The van der Waals surface area contributed by atoms with Crippen LogP contribution in [0.5, 0.6) is 0 Å². The molecule has 0 aliphatic carbocycles. The van der Waals surface area contributed by atoms with E-state index in [1.807, 2.05) is 11.0 Å². The smallest absolute Gasteiger partial charge is 0.243 e. The molecule has 1 aliphatic heterocycles. The molecule has 0 saturated carbocycles. The van der Waals surface area contributed by atoms with E-state index in [2.05, 4.69) is 21.2 Å². The average molecular weight is 463 g/mol. The normalized spacial score (nSPS) is 15.7. The highest BCUT2D eigenvalue weighted by molar-refractivity contribution is 9.10. The number of piperazine rings is 1. The van der Waals surface area contributed by atoms with Crippen molar-refractivity contribution in [3.8, 4) is 6.07 Å². The lowest BCUT2D eigenvalue weighted by Crippen LogP contribution is -2.50. The summed E-state index contributed by atoms with van der Waals surface area (Å²) >= 11 is 3.30. The number of benzene rings is 2. The monoisotopic (exact) mass is 462 g/mol. The molecule has 1 N–H and O–H groups in total. The number of rotatable bonds is 5. The number of amides is 1. The van der Waals surface area contributed by atoms with Gasteiger partial charge in [-0.15, -0.1) is 0 Å². The van der Waals surface area contributed by atoms with Crippen LogP contribution in [0.25, 0.3) is 0 Å². The maximum Gasteiger partial charge on any atom is 0.243 e. The molecule has 0 bridgehead atoms. The molecule has 1 heterocycles. The summed E-state index contributed by atoms with van der Waals surface area (Å²) in [5.74, 6) is -0.172. The summed E-state index contributed by atoms with van der Waals surface area (Å²) in [7, 11) is -3.53. The summed E-state index contributed by atoms with van der Waals surface area (Å²) in [6.45, 7) is 1.82. The number of hydrogen-bond acceptors (Lipinski definition) is 5. The highest BCUT2D eigenvalue weighted by atomic mass is 79.9. The van der Waals surface area contributed by atoms with E-state index >= 15 is 0 Å². The highest BCUT2D eigenvalue weighted by Gasteiger charge is 2.29. The molecule has 1 saturated heterocycles. The molecule has 9 heteroatoms. The van der Waals surface area contributed by atoms with E-state index in [1.165, 1.54) is 4.31 Å². The van der Waals surface area contributed by atoms with Crippen LogP contribution in [0.4, 0.5) is 5.69 Å². The van der Waals surface area contributed by atoms with Crippen molar-refractivity contribution in [1.29, 1.82) is 5.26 Å². The molecular weight excluding hydrogens is 444 g/mol. The summed E-state index contributed by atoms with van der Waals surface area (Å²) in [6, 6.07) is 15.2. The molecule has 0 spiro atoms. The number of sulfonamides is 1. The van der Waals surface area contributed by atoms with Gasteiger partial charge in [-0.05, 0) is 48.5 Å². The molecule has 2 aromatic rings. The fourth-order valence-corrected chi connectivity index (χ4v) is 4.60. The van der Waals surface area contributed by atoms with Gasteiger partial charge in [0.1, 0.15) is 0 Å². The minimum Gasteiger partial charge on any atom is -0.325 e. The Labute approximate surface area is 172 Å². The Morgan fingerprint density at radius 2 is 1.64 bits per heavy atom. The molecule has 0 radical (unpaired) electrons. The Morgan fingerprint density at radius 1 is 1.04 bits per heavy atom. The quantitative estimate of drug-likeness (QED) is 0.735. The molecule has 0 unspecified atom stereocenters. The van der Waals surface area contributed by atoms with Gasteiger partial charge in [0.2, 0.25) is 15.9 Å². The van der Waals surface area contributed by atoms with Crippen molar-refractivity contribution in [3.63, 3.8) is 0 Å². The maximum absolute atomic E-state index is 12.7. The van der Waals surface area contributed by atoms with E-state index in [0.29, 0.717) is 37.4 Å². The molecule has 28 heavy (non-hydrogen) atoms. The summed E-state index contributed by atoms with van der Waals surface area (Å²) in [5.41, 5.74) is 1.15. The number of carbonyl (C=O) groups excluding carboxylic acids is 1. The Bertz CT molecular complexity index is 977. The van der Waals surface area contributed by atoms with Crippen molar-refractivity contribution in [2.24, 2.45) is 0 Å². The summed E-state index contributed by atoms with van der Waals surface area (Å²) in [5, 5.41) is 11.6. The van der Waals surface area contributed by atoms with Gasteiger partial charge < -0.3 is 5.32 Å². The van der Waals surface area contributed by atoms with Gasteiger partial charge in [-0.1, -0.05) is 15.9 Å². The number of nitrogens with one attached hydrogen (secondary N) is 1. The predicted molar refractivity (Wildman–Crippen MR) is 109 cm³/mol. The van der Waals surface area contributed by atoms with Crippen molar-refractivity contribution < 1.29 is 13.2 Å². The molecule has 7 nitrogen and oxygen atoms in total. The first kappa shape index (κ1) is 20.5. The fraction of sp³-hybridized carbons (Fsp3) is 0.263. The van der Waals surface area contributed by atoms with Crippen LogP contribution in [-0.4, -0.2) is 56.3 Å². The first-order chi connectivity index (χ1) is 13.4. The van der Waals surface area contributed by atoms with Crippen molar-refractivity contribution in [1.82, 2.24) is 9.21 Å². The second-order valence-electron chi connectivity index (χ2n) is 6.37. The SMILES string of the molecule is N#Cc1ccc(NC(=O)CN2CCN(S(=O)(=O)c3ccc(Br)cc3)CC2)cc1. The molecule has 1 fully saturated rings. The third-order valence-corrected chi connectivity index (χ3v) is 6.89. The van der Waals surface area contributed by atoms with Gasteiger partial charge in [0.25, 0.3) is 0 Å². The predicted octanol–water partition coefficient (Wildman–Crippen LogP) is 2.27. The Morgan fingerprint density at radius 3 is 2.21 bits per heavy atom. The van der Waals surface area contributed by atoms with Crippen LogP contribution in [0.3, 0.4) is 0 Å². The van der Waals surface area contributed by atoms with Crippen LogP contribution < -0.4 is 5.32 Å². The van der Waals surface area contributed by atoms with Crippen molar-refractivity contribution in [2.45, 2.75) is 4.90 Å². The average Bonchev–Trinajstić information content (AvgIpc) is 2.69. The number of carbonyl (C=O) groups is 1. The lowest BCUT2D eigenvalue weighted by atomic mass is 10.2. The van der Waals surface area contributed by atoms with E-state index in [1.54, 1.807) is 48.5 Å². The summed E-state index contributed by atoms with van der Waals surface area (Å²) in [4.78, 5) is 14.4. The van der Waals surface area contributed by atoms with Crippen LogP contribution in [0.2, 0.25) is 0 Å². The first-order valence-electron chi connectivity index (χ1n) is 8.66. The second kappa shape index (κ2) is 8.84. The first-order valence-corrected chi connectivity index (χ1v) is 10.9. The number of anilines is 1. The number of hydrogen-bond donors (Lipinski definition) is 1. The minimum atomic E-state index is -3.53. The Balaban J connectivity index is 1.52. The van der Waals surface area contributed by atoms with Crippen LogP contribution in [0, 0.1) is 11.3 Å². The molecular formula is C19H19BrN4O3S. The van der Waals surface area contributed by atoms with Crippen molar-refractivity contribution in [3.05, 3.63) is 58.6 Å². The van der Waals surface area contributed by atoms with Gasteiger partial charge in [-0.3, -0.25) is 9.69 Å². The molecule has 1 amide bonds. The van der Waals surface area contributed by atoms with Gasteiger partial charge in [-0.25, -0.2) is 8.42 Å². The van der Waals surface area contributed by atoms with Crippen LogP contribution >= 0.6 is 15.9 Å². The van der Waals surface area contributed by atoms with E-state index in [4.69, 9.17) is 5.26 Å². The molecule has 2 aromatic carbocycles. The van der Waals surface area contributed by atoms with Gasteiger partial charge in [0.05, 0.1) is 23.1 Å². The number of nitriles is 1. The third-order valence-electron chi connectivity index (χ3n) is 4.45. The number of nitrogens with zero attached hydrogens (tertiary/aromatic N) is 3. The standard InChI is InChI=1S/C19H19BrN4O3S/c20-16-3-7-18(8-4-16)28(26,27)24-11-9-23(10-12-24)14-19(25)22-17-5-1-15(13-21)2-6-17/h1-8H,9-12,14H2,(H,22,25). The lowest BCUT2D eigenvalue weighted by Gasteiger charge is -2.33. The van der Waals surface area contributed by atoms with Crippen molar-refractivity contribution in [2.75, 3.05) is 38.0 Å². The van der Waals surface area contributed by atoms with Gasteiger partial charge in [0.15, 0.2) is 0 Å². The minimum absolute atomic E-state index is 0.172. The van der Waals surface area contributed by atoms with Crippen LogP contribution in [0.15, 0.2) is 57.9 Å². The van der Waals surface area contributed by atoms with Gasteiger partial charge in [-0.2, -0.15) is 9.57 Å².